The van der Waals surface area contributed by atoms with E-state index >= 15 is 0 Å². The van der Waals surface area contributed by atoms with Gasteiger partial charge >= 0.3 is 0 Å². The fraction of sp³-hybridized carbons (Fsp3) is 0.200. The Bertz CT molecular complexity index is 614. The monoisotopic (exact) mass is 334 g/mol. The average Bonchev–Trinajstić information content (AvgIpc) is 2.40. The third-order valence-electron chi connectivity index (χ3n) is 2.49. The first-order valence-corrected chi connectivity index (χ1v) is 7.04. The Morgan fingerprint density at radius 2 is 2.05 bits per heavy atom. The molecule has 1 amide bonds. The number of pyridine rings is 1. The number of aromatic nitrogens is 1. The first-order valence-electron chi connectivity index (χ1n) is 6.25. The van der Waals surface area contributed by atoms with Crippen molar-refractivity contribution < 1.29 is 9.53 Å². The van der Waals surface area contributed by atoms with Gasteiger partial charge in [0.25, 0.3) is 5.91 Å². The molecule has 104 valence electrons. The van der Waals surface area contributed by atoms with Crippen LogP contribution in [-0.4, -0.2) is 17.0 Å². The highest BCUT2D eigenvalue weighted by molar-refractivity contribution is 9.10. The molecule has 0 saturated heterocycles. The number of hydrogen-bond donors (Lipinski definition) is 1. The number of anilines is 1. The normalized spacial score (nSPS) is 10.4. The van der Waals surface area contributed by atoms with E-state index in [2.05, 4.69) is 26.2 Å². The van der Waals surface area contributed by atoms with Crippen molar-refractivity contribution in [1.82, 2.24) is 4.98 Å². The number of para-hydroxylation sites is 2. The molecule has 2 rings (SSSR count). The van der Waals surface area contributed by atoms with E-state index < -0.39 is 0 Å². The van der Waals surface area contributed by atoms with Gasteiger partial charge in [0.05, 0.1) is 11.8 Å². The lowest BCUT2D eigenvalue weighted by molar-refractivity contribution is 0.102. The van der Waals surface area contributed by atoms with Gasteiger partial charge < -0.3 is 10.1 Å². The molecule has 0 unspecified atom stereocenters. The van der Waals surface area contributed by atoms with Gasteiger partial charge in [-0.25, -0.2) is 4.98 Å². The van der Waals surface area contributed by atoms with Gasteiger partial charge in [-0.15, -0.1) is 0 Å². The van der Waals surface area contributed by atoms with Crippen molar-refractivity contribution in [3.05, 3.63) is 52.8 Å². The molecule has 0 aliphatic carbocycles. The number of carbonyl (C=O) groups is 1. The molecule has 4 nitrogen and oxygen atoms in total. The number of nitrogens with one attached hydrogen (secondary N) is 1. The lowest BCUT2D eigenvalue weighted by Crippen LogP contribution is -2.14. The summed E-state index contributed by atoms with van der Waals surface area (Å²) in [5.41, 5.74) is 1.19. The molecule has 1 heterocycles. The molecular weight excluding hydrogens is 320 g/mol. The second-order valence-corrected chi connectivity index (χ2v) is 5.30. The highest BCUT2D eigenvalue weighted by atomic mass is 79.9. The number of hydrogen-bond acceptors (Lipinski definition) is 3. The topological polar surface area (TPSA) is 51.2 Å². The fourth-order valence-corrected chi connectivity index (χ4v) is 2.03. The molecule has 0 saturated carbocycles. The van der Waals surface area contributed by atoms with Gasteiger partial charge in [-0.1, -0.05) is 12.1 Å². The summed E-state index contributed by atoms with van der Waals surface area (Å²) in [7, 11) is 0. The van der Waals surface area contributed by atoms with Crippen LogP contribution in [0, 0.1) is 0 Å². The average molecular weight is 335 g/mol. The molecule has 20 heavy (non-hydrogen) atoms. The molecule has 0 bridgehead atoms. The van der Waals surface area contributed by atoms with Crippen molar-refractivity contribution in [1.29, 1.82) is 0 Å². The maximum Gasteiger partial charge on any atom is 0.255 e. The van der Waals surface area contributed by atoms with E-state index in [9.17, 15) is 4.79 Å². The lowest BCUT2D eigenvalue weighted by atomic mass is 10.2. The van der Waals surface area contributed by atoms with E-state index in [-0.39, 0.29) is 12.0 Å². The van der Waals surface area contributed by atoms with Gasteiger partial charge in [0.1, 0.15) is 10.4 Å². The number of carbonyl (C=O) groups excluding carboxylic acids is 1. The zero-order valence-corrected chi connectivity index (χ0v) is 12.8. The SMILES string of the molecule is CC(C)Oc1ccccc1NC(=O)c1ccnc(Br)c1. The summed E-state index contributed by atoms with van der Waals surface area (Å²) in [6, 6.07) is 10.7. The van der Waals surface area contributed by atoms with E-state index in [0.29, 0.717) is 21.6 Å². The van der Waals surface area contributed by atoms with Crippen LogP contribution in [0.3, 0.4) is 0 Å². The molecule has 0 aliphatic heterocycles. The number of amides is 1. The van der Waals surface area contributed by atoms with Crippen LogP contribution in [0.1, 0.15) is 24.2 Å². The Balaban J connectivity index is 2.19. The number of rotatable bonds is 4. The summed E-state index contributed by atoms with van der Waals surface area (Å²) in [6.07, 6.45) is 1.62. The number of benzene rings is 1. The highest BCUT2D eigenvalue weighted by Gasteiger charge is 2.11. The molecule has 0 atom stereocenters. The third-order valence-corrected chi connectivity index (χ3v) is 2.92. The molecule has 1 N–H and O–H groups in total. The maximum atomic E-state index is 12.2. The minimum absolute atomic E-state index is 0.0446. The number of nitrogens with zero attached hydrogens (tertiary/aromatic N) is 1. The molecule has 1 aromatic carbocycles. The second-order valence-electron chi connectivity index (χ2n) is 4.48. The van der Waals surface area contributed by atoms with E-state index in [1.54, 1.807) is 18.3 Å². The summed E-state index contributed by atoms with van der Waals surface area (Å²) >= 11 is 3.25. The molecular formula is C15H15BrN2O2. The Morgan fingerprint density at radius 1 is 1.30 bits per heavy atom. The minimum atomic E-state index is -0.201. The Kier molecular flexibility index (Phi) is 4.74. The fourth-order valence-electron chi connectivity index (χ4n) is 1.66. The largest absolute Gasteiger partial charge is 0.489 e. The first kappa shape index (κ1) is 14.5. The van der Waals surface area contributed by atoms with Crippen LogP contribution in [0.5, 0.6) is 5.75 Å². The van der Waals surface area contributed by atoms with Crippen molar-refractivity contribution in [3.8, 4) is 5.75 Å². The maximum absolute atomic E-state index is 12.2. The summed E-state index contributed by atoms with van der Waals surface area (Å²) < 4.78 is 6.29. The van der Waals surface area contributed by atoms with Crippen molar-refractivity contribution in [2.24, 2.45) is 0 Å². The van der Waals surface area contributed by atoms with Crippen molar-refractivity contribution >= 4 is 27.5 Å². The van der Waals surface area contributed by atoms with Crippen molar-refractivity contribution in [2.45, 2.75) is 20.0 Å². The van der Waals surface area contributed by atoms with Gasteiger partial charge in [-0.3, -0.25) is 4.79 Å². The zero-order chi connectivity index (χ0) is 14.5. The van der Waals surface area contributed by atoms with Crippen LogP contribution in [0.4, 0.5) is 5.69 Å². The third kappa shape index (κ3) is 3.81. The zero-order valence-electron chi connectivity index (χ0n) is 11.3. The summed E-state index contributed by atoms with van der Waals surface area (Å²) in [6.45, 7) is 3.89. The number of halogens is 1. The standard InChI is InChI=1S/C15H15BrN2O2/c1-10(2)20-13-6-4-3-5-12(13)18-15(19)11-7-8-17-14(16)9-11/h3-10H,1-2H3,(H,18,19). The molecule has 2 aromatic rings. The van der Waals surface area contributed by atoms with Crippen LogP contribution in [0.2, 0.25) is 0 Å². The van der Waals surface area contributed by atoms with Gasteiger partial charge in [-0.2, -0.15) is 0 Å². The Labute approximate surface area is 126 Å². The van der Waals surface area contributed by atoms with Gasteiger partial charge in [0, 0.05) is 11.8 Å². The Hall–Kier alpha value is -1.88. The predicted molar refractivity (Wildman–Crippen MR) is 82.1 cm³/mol. The molecule has 0 fully saturated rings. The van der Waals surface area contributed by atoms with Crippen molar-refractivity contribution in [2.75, 3.05) is 5.32 Å². The summed E-state index contributed by atoms with van der Waals surface area (Å²) in [5.74, 6) is 0.455. The van der Waals surface area contributed by atoms with E-state index in [1.165, 1.54) is 0 Å². The first-order chi connectivity index (χ1) is 9.56. The molecule has 1 aromatic heterocycles. The quantitative estimate of drug-likeness (QED) is 0.863. The molecule has 0 spiro atoms. The Morgan fingerprint density at radius 3 is 2.75 bits per heavy atom. The smallest absolute Gasteiger partial charge is 0.255 e. The number of ether oxygens (including phenoxy) is 1. The van der Waals surface area contributed by atoms with E-state index in [1.807, 2.05) is 38.1 Å². The van der Waals surface area contributed by atoms with Crippen LogP contribution in [0.15, 0.2) is 47.2 Å². The molecule has 0 radical (unpaired) electrons. The van der Waals surface area contributed by atoms with E-state index in [0.717, 1.165) is 0 Å². The van der Waals surface area contributed by atoms with Crippen LogP contribution < -0.4 is 10.1 Å². The molecule has 0 aliphatic rings. The summed E-state index contributed by atoms with van der Waals surface area (Å²) in [4.78, 5) is 16.2. The van der Waals surface area contributed by atoms with Crippen LogP contribution >= 0.6 is 15.9 Å². The van der Waals surface area contributed by atoms with E-state index in [4.69, 9.17) is 4.74 Å². The predicted octanol–water partition coefficient (Wildman–Crippen LogP) is 3.88. The van der Waals surface area contributed by atoms with Crippen LogP contribution in [-0.2, 0) is 0 Å². The lowest BCUT2D eigenvalue weighted by Gasteiger charge is -2.14. The minimum Gasteiger partial charge on any atom is -0.489 e. The van der Waals surface area contributed by atoms with Gasteiger partial charge in [-0.05, 0) is 54.0 Å². The second kappa shape index (κ2) is 6.52. The molecule has 5 heteroatoms. The highest BCUT2D eigenvalue weighted by Crippen LogP contribution is 2.25. The summed E-state index contributed by atoms with van der Waals surface area (Å²) in [5, 5.41) is 2.85. The van der Waals surface area contributed by atoms with Gasteiger partial charge in [0.15, 0.2) is 0 Å². The van der Waals surface area contributed by atoms with Gasteiger partial charge in [0.2, 0.25) is 0 Å². The van der Waals surface area contributed by atoms with Crippen molar-refractivity contribution in [3.63, 3.8) is 0 Å². The van der Waals surface area contributed by atoms with Crippen LogP contribution in [0.25, 0.3) is 0 Å².